The quantitative estimate of drug-likeness (QED) is 0.881. The van der Waals surface area contributed by atoms with Crippen molar-refractivity contribution in [3.8, 4) is 0 Å². The second-order valence-corrected chi connectivity index (χ2v) is 5.68. The maximum Gasteiger partial charge on any atom is 0.335 e. The largest absolute Gasteiger partial charge is 0.478 e. The van der Waals surface area contributed by atoms with Crippen LogP contribution in [0.25, 0.3) is 0 Å². The molecule has 0 spiro atoms. The van der Waals surface area contributed by atoms with E-state index >= 15 is 0 Å². The molecule has 0 saturated heterocycles. The molecule has 7 heteroatoms. The Morgan fingerprint density at radius 1 is 1.30 bits per heavy atom. The van der Waals surface area contributed by atoms with Gasteiger partial charge >= 0.3 is 5.97 Å². The fourth-order valence-electron chi connectivity index (χ4n) is 1.52. The third-order valence-corrected chi connectivity index (χ3v) is 4.59. The fraction of sp³-hybridized carbons (Fsp3) is 0.0769. The number of aromatic carboxylic acids is 1. The number of rotatable bonds is 3. The van der Waals surface area contributed by atoms with Crippen LogP contribution < -0.4 is 5.32 Å². The number of carbonyl (C=O) groups excluding carboxylic acids is 1. The molecule has 0 saturated carbocycles. The number of nitrogens with one attached hydrogen (secondary N) is 1. The lowest BCUT2D eigenvalue weighted by molar-refractivity contribution is 0.0696. The number of hydrogen-bond acceptors (Lipinski definition) is 3. The number of anilines is 1. The molecule has 1 aromatic heterocycles. The van der Waals surface area contributed by atoms with Gasteiger partial charge in [-0.2, -0.15) is 0 Å². The van der Waals surface area contributed by atoms with E-state index in [2.05, 4.69) is 5.32 Å². The number of benzene rings is 1. The summed E-state index contributed by atoms with van der Waals surface area (Å²) in [7, 11) is 0. The first-order valence-corrected chi connectivity index (χ1v) is 7.11. The number of carboxylic acid groups (broad SMARTS) is 1. The topological polar surface area (TPSA) is 66.4 Å². The molecule has 0 fully saturated rings. The van der Waals surface area contributed by atoms with Crippen LogP contribution in [0.4, 0.5) is 5.69 Å². The molecule has 0 bridgehead atoms. The Morgan fingerprint density at radius 3 is 2.55 bits per heavy atom. The van der Waals surface area contributed by atoms with Crippen LogP contribution in [0.3, 0.4) is 0 Å². The summed E-state index contributed by atoms with van der Waals surface area (Å²) in [6.07, 6.45) is 0. The van der Waals surface area contributed by atoms with Crippen LogP contribution in [0.5, 0.6) is 0 Å². The number of hydrogen-bond donors (Lipinski definition) is 2. The molecular formula is C13H9Cl2NO3S. The molecular weight excluding hydrogens is 321 g/mol. The fourth-order valence-corrected chi connectivity index (χ4v) is 2.85. The van der Waals surface area contributed by atoms with Crippen LogP contribution in [0.15, 0.2) is 23.6 Å². The Balaban J connectivity index is 2.30. The van der Waals surface area contributed by atoms with E-state index in [1.165, 1.54) is 29.5 Å². The van der Waals surface area contributed by atoms with Crippen LogP contribution >= 0.6 is 34.5 Å². The lowest BCUT2D eigenvalue weighted by Gasteiger charge is -2.07. The molecule has 2 rings (SSSR count). The summed E-state index contributed by atoms with van der Waals surface area (Å²) in [6, 6.07) is 4.08. The second kappa shape index (κ2) is 5.83. The monoisotopic (exact) mass is 329 g/mol. The van der Waals surface area contributed by atoms with Crippen LogP contribution in [-0.2, 0) is 0 Å². The highest BCUT2D eigenvalue weighted by atomic mass is 35.5. The molecule has 4 nitrogen and oxygen atoms in total. The summed E-state index contributed by atoms with van der Waals surface area (Å²) in [5, 5.41) is 13.9. The molecule has 0 aliphatic carbocycles. The number of halogens is 2. The number of carboxylic acids is 1. The predicted molar refractivity (Wildman–Crippen MR) is 80.4 cm³/mol. The van der Waals surface area contributed by atoms with E-state index in [4.69, 9.17) is 28.3 Å². The minimum atomic E-state index is -1.10. The summed E-state index contributed by atoms with van der Waals surface area (Å²) in [5.41, 5.74) is 1.09. The highest BCUT2D eigenvalue weighted by Gasteiger charge is 2.16. The summed E-state index contributed by atoms with van der Waals surface area (Å²) in [5.74, 6) is -1.51. The van der Waals surface area contributed by atoms with Crippen molar-refractivity contribution >= 4 is 52.1 Å². The van der Waals surface area contributed by atoms with E-state index in [9.17, 15) is 9.59 Å². The summed E-state index contributed by atoms with van der Waals surface area (Å²) in [4.78, 5) is 23.4. The summed E-state index contributed by atoms with van der Waals surface area (Å²) < 4.78 is 0. The second-order valence-electron chi connectivity index (χ2n) is 4.02. The van der Waals surface area contributed by atoms with Gasteiger partial charge in [0.1, 0.15) is 4.88 Å². The maximum absolute atomic E-state index is 12.1. The molecule has 1 heterocycles. The van der Waals surface area contributed by atoms with E-state index in [0.29, 0.717) is 9.90 Å². The van der Waals surface area contributed by atoms with Gasteiger partial charge < -0.3 is 10.4 Å². The van der Waals surface area contributed by atoms with E-state index in [1.807, 2.05) is 0 Å². The van der Waals surface area contributed by atoms with Gasteiger partial charge in [-0.25, -0.2) is 4.79 Å². The average Bonchev–Trinajstić information content (AvgIpc) is 2.72. The summed E-state index contributed by atoms with van der Waals surface area (Å²) in [6.45, 7) is 1.80. The van der Waals surface area contributed by atoms with E-state index in [1.54, 1.807) is 12.3 Å². The first-order valence-electron chi connectivity index (χ1n) is 5.48. The molecule has 0 unspecified atom stereocenters. The molecule has 2 N–H and O–H groups in total. The lowest BCUT2D eigenvalue weighted by atomic mass is 10.2. The summed E-state index contributed by atoms with van der Waals surface area (Å²) >= 11 is 13.2. The van der Waals surface area contributed by atoms with E-state index < -0.39 is 11.9 Å². The van der Waals surface area contributed by atoms with Gasteiger partial charge in [-0.3, -0.25) is 4.79 Å². The van der Waals surface area contributed by atoms with Crippen LogP contribution in [0.2, 0.25) is 10.0 Å². The molecule has 0 atom stereocenters. The molecule has 1 aromatic carbocycles. The Morgan fingerprint density at radius 2 is 2.00 bits per heavy atom. The molecule has 2 aromatic rings. The number of thiophene rings is 1. The first-order chi connectivity index (χ1) is 9.40. The zero-order valence-corrected chi connectivity index (χ0v) is 12.6. The zero-order chi connectivity index (χ0) is 14.9. The van der Waals surface area contributed by atoms with Crippen molar-refractivity contribution in [3.05, 3.63) is 49.6 Å². The molecule has 0 aliphatic rings. The molecule has 20 heavy (non-hydrogen) atoms. The van der Waals surface area contributed by atoms with Gasteiger partial charge in [-0.15, -0.1) is 11.3 Å². The van der Waals surface area contributed by atoms with Crippen molar-refractivity contribution < 1.29 is 14.7 Å². The van der Waals surface area contributed by atoms with Gasteiger partial charge in [0.15, 0.2) is 0 Å². The minimum Gasteiger partial charge on any atom is -0.478 e. The van der Waals surface area contributed by atoms with Crippen molar-refractivity contribution in [1.82, 2.24) is 0 Å². The highest BCUT2D eigenvalue weighted by molar-refractivity contribution is 7.13. The Bertz CT molecular complexity index is 697. The SMILES string of the molecule is Cc1csc(C(=O)Nc2cc(C(=O)O)ccc2Cl)c1Cl. The van der Waals surface area contributed by atoms with Crippen LogP contribution in [0, 0.1) is 6.92 Å². The standard InChI is InChI=1S/C13H9Cl2NO3S/c1-6-5-20-11(10(6)15)12(17)16-9-4-7(13(18)19)2-3-8(9)14/h2-5H,1H3,(H,16,17)(H,18,19). The Kier molecular flexibility index (Phi) is 4.32. The third kappa shape index (κ3) is 2.95. The van der Waals surface area contributed by atoms with Crippen LogP contribution in [0.1, 0.15) is 25.6 Å². The van der Waals surface area contributed by atoms with Gasteiger partial charge in [0.25, 0.3) is 5.91 Å². The Labute approximate surface area is 128 Å². The van der Waals surface area contributed by atoms with Gasteiger partial charge in [0, 0.05) is 0 Å². The van der Waals surface area contributed by atoms with Gasteiger partial charge in [0.2, 0.25) is 0 Å². The minimum absolute atomic E-state index is 0.0400. The van der Waals surface area contributed by atoms with Crippen molar-refractivity contribution in [3.63, 3.8) is 0 Å². The number of carbonyl (C=O) groups is 2. The smallest absolute Gasteiger partial charge is 0.335 e. The maximum atomic E-state index is 12.1. The lowest BCUT2D eigenvalue weighted by Crippen LogP contribution is -2.12. The molecule has 1 amide bonds. The molecule has 0 radical (unpaired) electrons. The highest BCUT2D eigenvalue weighted by Crippen LogP contribution is 2.29. The van der Waals surface area contributed by atoms with Gasteiger partial charge in [-0.1, -0.05) is 23.2 Å². The van der Waals surface area contributed by atoms with Crippen LogP contribution in [-0.4, -0.2) is 17.0 Å². The third-order valence-electron chi connectivity index (χ3n) is 2.57. The van der Waals surface area contributed by atoms with Gasteiger partial charge in [0.05, 0.1) is 21.3 Å². The van der Waals surface area contributed by atoms with Gasteiger partial charge in [-0.05, 0) is 36.1 Å². The number of amides is 1. The van der Waals surface area contributed by atoms with Crippen molar-refractivity contribution in [2.24, 2.45) is 0 Å². The van der Waals surface area contributed by atoms with Crippen molar-refractivity contribution in [2.45, 2.75) is 6.92 Å². The van der Waals surface area contributed by atoms with E-state index in [0.717, 1.165) is 5.56 Å². The molecule has 0 aliphatic heterocycles. The van der Waals surface area contributed by atoms with E-state index in [-0.39, 0.29) is 16.3 Å². The predicted octanol–water partition coefficient (Wildman–Crippen LogP) is 4.31. The molecule has 104 valence electrons. The van der Waals surface area contributed by atoms with Crippen molar-refractivity contribution in [1.29, 1.82) is 0 Å². The Hall–Kier alpha value is -1.56. The normalized spacial score (nSPS) is 10.3. The zero-order valence-electron chi connectivity index (χ0n) is 10.2. The average molecular weight is 330 g/mol. The first kappa shape index (κ1) is 14.8. The van der Waals surface area contributed by atoms with Crippen molar-refractivity contribution in [2.75, 3.05) is 5.32 Å². The number of aryl methyl sites for hydroxylation is 1.